The summed E-state index contributed by atoms with van der Waals surface area (Å²) in [6, 6.07) is 22.8. The number of esters is 1. The van der Waals surface area contributed by atoms with Crippen molar-refractivity contribution in [2.45, 2.75) is 13.0 Å². The van der Waals surface area contributed by atoms with Gasteiger partial charge in [-0.25, -0.2) is 4.79 Å². The molecule has 0 aromatic heterocycles. The lowest BCUT2D eigenvalue weighted by Crippen LogP contribution is -2.31. The molecule has 5 nitrogen and oxygen atoms in total. The van der Waals surface area contributed by atoms with E-state index in [1.165, 1.54) is 0 Å². The number of benzene rings is 3. The third kappa shape index (κ3) is 5.83. The first-order valence-electron chi connectivity index (χ1n) is 9.07. The van der Waals surface area contributed by atoms with E-state index in [4.69, 9.17) is 21.1 Å². The molecule has 0 saturated carbocycles. The van der Waals surface area contributed by atoms with Gasteiger partial charge in [-0.15, -0.1) is 0 Å². The van der Waals surface area contributed by atoms with Crippen LogP contribution in [0.2, 0.25) is 5.02 Å². The number of nitrogens with one attached hydrogen (secondary N) is 1. The van der Waals surface area contributed by atoms with E-state index in [-0.39, 0.29) is 11.6 Å². The Balaban J connectivity index is 1.58. The van der Waals surface area contributed by atoms with Crippen LogP contribution in [0.3, 0.4) is 0 Å². The lowest BCUT2D eigenvalue weighted by atomic mass is 10.1. The molecule has 6 heteroatoms. The van der Waals surface area contributed by atoms with Crippen LogP contribution in [0.5, 0.6) is 11.5 Å². The van der Waals surface area contributed by atoms with Gasteiger partial charge in [0, 0.05) is 5.02 Å². The van der Waals surface area contributed by atoms with Gasteiger partial charge in [-0.3, -0.25) is 4.79 Å². The Labute approximate surface area is 174 Å². The number of carbonyl (C=O) groups is 2. The Kier molecular flexibility index (Phi) is 6.87. The number of rotatable bonds is 7. The topological polar surface area (TPSA) is 64.6 Å². The minimum absolute atomic E-state index is 0.243. The van der Waals surface area contributed by atoms with Gasteiger partial charge in [0.2, 0.25) is 0 Å². The summed E-state index contributed by atoms with van der Waals surface area (Å²) >= 11 is 5.87. The number of amides is 1. The maximum Gasteiger partial charge on any atom is 0.342 e. The van der Waals surface area contributed by atoms with Crippen LogP contribution < -0.4 is 10.1 Å². The number of hydrogen-bond acceptors (Lipinski definition) is 4. The SMILES string of the molecule is C[C@@H](NC(=O)COC(=O)c1ccccc1Oc1ccccc1)c1ccc(Cl)cc1. The zero-order chi connectivity index (χ0) is 20.6. The first-order valence-corrected chi connectivity index (χ1v) is 9.44. The van der Waals surface area contributed by atoms with E-state index in [0.717, 1.165) is 5.56 Å². The van der Waals surface area contributed by atoms with Gasteiger partial charge < -0.3 is 14.8 Å². The monoisotopic (exact) mass is 409 g/mol. The fourth-order valence-corrected chi connectivity index (χ4v) is 2.79. The van der Waals surface area contributed by atoms with Gasteiger partial charge in [0.05, 0.1) is 6.04 Å². The van der Waals surface area contributed by atoms with E-state index in [9.17, 15) is 9.59 Å². The van der Waals surface area contributed by atoms with Gasteiger partial charge >= 0.3 is 5.97 Å². The molecule has 0 heterocycles. The number of carbonyl (C=O) groups excluding carboxylic acids is 2. The molecule has 0 aliphatic heterocycles. The molecular weight excluding hydrogens is 390 g/mol. The molecule has 29 heavy (non-hydrogen) atoms. The van der Waals surface area contributed by atoms with Crippen molar-refractivity contribution in [3.8, 4) is 11.5 Å². The third-order valence-electron chi connectivity index (χ3n) is 4.16. The van der Waals surface area contributed by atoms with Gasteiger partial charge in [0.1, 0.15) is 17.1 Å². The van der Waals surface area contributed by atoms with Crippen molar-refractivity contribution < 1.29 is 19.1 Å². The second kappa shape index (κ2) is 9.75. The average molecular weight is 410 g/mol. The van der Waals surface area contributed by atoms with Crippen molar-refractivity contribution >= 4 is 23.5 Å². The Morgan fingerprint density at radius 2 is 1.59 bits per heavy atom. The Bertz CT molecular complexity index is 974. The van der Waals surface area contributed by atoms with E-state index in [0.29, 0.717) is 16.5 Å². The summed E-state index contributed by atoms with van der Waals surface area (Å²) in [7, 11) is 0. The van der Waals surface area contributed by atoms with Crippen molar-refractivity contribution in [2.75, 3.05) is 6.61 Å². The molecule has 0 bridgehead atoms. The van der Waals surface area contributed by atoms with Crippen molar-refractivity contribution in [1.29, 1.82) is 0 Å². The van der Waals surface area contributed by atoms with Crippen molar-refractivity contribution in [1.82, 2.24) is 5.32 Å². The first kappa shape index (κ1) is 20.4. The lowest BCUT2D eigenvalue weighted by Gasteiger charge is -2.15. The fourth-order valence-electron chi connectivity index (χ4n) is 2.67. The summed E-state index contributed by atoms with van der Waals surface area (Å²) in [4.78, 5) is 24.6. The summed E-state index contributed by atoms with van der Waals surface area (Å²) in [5, 5.41) is 3.41. The van der Waals surface area contributed by atoms with Crippen LogP contribution in [-0.2, 0) is 9.53 Å². The number of ether oxygens (including phenoxy) is 2. The molecule has 0 saturated heterocycles. The third-order valence-corrected chi connectivity index (χ3v) is 4.41. The molecule has 3 aromatic rings. The zero-order valence-corrected chi connectivity index (χ0v) is 16.6. The van der Waals surface area contributed by atoms with E-state index < -0.39 is 18.5 Å². The average Bonchev–Trinajstić information content (AvgIpc) is 2.73. The fraction of sp³-hybridized carbons (Fsp3) is 0.130. The summed E-state index contributed by atoms with van der Waals surface area (Å²) in [5.41, 5.74) is 1.14. The summed E-state index contributed by atoms with van der Waals surface area (Å²) in [6.07, 6.45) is 0. The highest BCUT2D eigenvalue weighted by Crippen LogP contribution is 2.25. The predicted molar refractivity (Wildman–Crippen MR) is 111 cm³/mol. The molecule has 0 unspecified atom stereocenters. The van der Waals surface area contributed by atoms with Crippen LogP contribution in [-0.4, -0.2) is 18.5 Å². The maximum absolute atomic E-state index is 12.5. The smallest absolute Gasteiger partial charge is 0.342 e. The summed E-state index contributed by atoms with van der Waals surface area (Å²) < 4.78 is 10.9. The van der Waals surface area contributed by atoms with Gasteiger partial charge in [-0.2, -0.15) is 0 Å². The Hall–Kier alpha value is -3.31. The van der Waals surface area contributed by atoms with Crippen molar-refractivity contribution in [3.63, 3.8) is 0 Å². The molecule has 0 radical (unpaired) electrons. The molecule has 3 aromatic carbocycles. The van der Waals surface area contributed by atoms with Crippen molar-refractivity contribution in [3.05, 3.63) is 95.0 Å². The molecular formula is C23H20ClNO4. The van der Waals surface area contributed by atoms with E-state index >= 15 is 0 Å². The van der Waals surface area contributed by atoms with Crippen LogP contribution in [0.25, 0.3) is 0 Å². The van der Waals surface area contributed by atoms with E-state index in [2.05, 4.69) is 5.32 Å². The maximum atomic E-state index is 12.5. The molecule has 1 atom stereocenters. The van der Waals surface area contributed by atoms with Crippen LogP contribution in [0.4, 0.5) is 0 Å². The predicted octanol–water partition coefficient (Wildman–Crippen LogP) is 5.17. The second-order valence-corrected chi connectivity index (χ2v) is 6.76. The molecule has 0 fully saturated rings. The zero-order valence-electron chi connectivity index (χ0n) is 15.8. The molecule has 0 aliphatic rings. The molecule has 1 amide bonds. The summed E-state index contributed by atoms with van der Waals surface area (Å²) in [5.74, 6) is -0.0750. The van der Waals surface area contributed by atoms with Gasteiger partial charge in [-0.1, -0.05) is 54.1 Å². The number of hydrogen-bond donors (Lipinski definition) is 1. The van der Waals surface area contributed by atoms with Gasteiger partial charge in [-0.05, 0) is 48.9 Å². The minimum atomic E-state index is -0.633. The van der Waals surface area contributed by atoms with Crippen LogP contribution in [0.15, 0.2) is 78.9 Å². The highest BCUT2D eigenvalue weighted by molar-refractivity contribution is 6.30. The quantitative estimate of drug-likeness (QED) is 0.547. The highest BCUT2D eigenvalue weighted by atomic mass is 35.5. The van der Waals surface area contributed by atoms with Gasteiger partial charge in [0.15, 0.2) is 6.61 Å². The first-order chi connectivity index (χ1) is 14.0. The molecule has 0 spiro atoms. The molecule has 3 rings (SSSR count). The largest absolute Gasteiger partial charge is 0.456 e. The molecule has 148 valence electrons. The number of para-hydroxylation sites is 2. The Morgan fingerprint density at radius 3 is 2.31 bits per heavy atom. The summed E-state index contributed by atoms with van der Waals surface area (Å²) in [6.45, 7) is 1.45. The number of halogens is 1. The Morgan fingerprint density at radius 1 is 0.931 bits per heavy atom. The lowest BCUT2D eigenvalue weighted by molar-refractivity contribution is -0.124. The van der Waals surface area contributed by atoms with E-state index in [1.807, 2.05) is 37.3 Å². The minimum Gasteiger partial charge on any atom is -0.456 e. The second-order valence-electron chi connectivity index (χ2n) is 6.33. The normalized spacial score (nSPS) is 11.4. The molecule has 1 N–H and O–H groups in total. The standard InChI is InChI=1S/C23H20ClNO4/c1-16(17-11-13-18(24)14-12-17)25-22(26)15-28-23(27)20-9-5-6-10-21(20)29-19-7-3-2-4-8-19/h2-14,16H,15H2,1H3,(H,25,26)/t16-/m1/s1. The highest BCUT2D eigenvalue weighted by Gasteiger charge is 2.17. The van der Waals surface area contributed by atoms with Gasteiger partial charge in [0.25, 0.3) is 5.91 Å². The molecule has 0 aliphatic carbocycles. The van der Waals surface area contributed by atoms with Crippen LogP contribution in [0.1, 0.15) is 28.9 Å². The van der Waals surface area contributed by atoms with E-state index in [1.54, 1.807) is 48.5 Å². The van der Waals surface area contributed by atoms with Crippen LogP contribution >= 0.6 is 11.6 Å². The van der Waals surface area contributed by atoms with Crippen molar-refractivity contribution in [2.24, 2.45) is 0 Å². The van der Waals surface area contributed by atoms with Crippen LogP contribution in [0, 0.1) is 0 Å².